The number of aryl methyl sites for hydroxylation is 1. The van der Waals surface area contributed by atoms with Crippen LogP contribution >= 0.6 is 11.3 Å². The minimum Gasteiger partial charge on any atom is -0.329 e. The number of thiophene rings is 1. The molecule has 3 unspecified atom stereocenters. The lowest BCUT2D eigenvalue weighted by atomic mass is 10.0. The molecule has 1 aliphatic rings. The summed E-state index contributed by atoms with van der Waals surface area (Å²) in [4.78, 5) is 5.49. The van der Waals surface area contributed by atoms with Crippen LogP contribution in [0.15, 0.2) is 12.1 Å². The van der Waals surface area contributed by atoms with E-state index in [0.29, 0.717) is 6.04 Å². The third-order valence-corrected chi connectivity index (χ3v) is 5.37. The number of rotatable bonds is 4. The zero-order chi connectivity index (χ0) is 12.4. The van der Waals surface area contributed by atoms with Gasteiger partial charge in [-0.25, -0.2) is 0 Å². The van der Waals surface area contributed by atoms with E-state index in [9.17, 15) is 0 Å². The van der Waals surface area contributed by atoms with Crippen molar-refractivity contribution in [1.29, 1.82) is 0 Å². The fourth-order valence-corrected chi connectivity index (χ4v) is 3.74. The maximum Gasteiger partial charge on any atom is 0.0564 e. The Hall–Kier alpha value is -0.380. The van der Waals surface area contributed by atoms with Gasteiger partial charge in [-0.3, -0.25) is 4.90 Å². The predicted molar refractivity (Wildman–Crippen MR) is 75.4 cm³/mol. The van der Waals surface area contributed by atoms with Crippen molar-refractivity contribution in [3.63, 3.8) is 0 Å². The minimum atomic E-state index is 0.438. The van der Waals surface area contributed by atoms with E-state index in [0.717, 1.165) is 24.8 Å². The highest BCUT2D eigenvalue weighted by Gasteiger charge is 2.31. The van der Waals surface area contributed by atoms with Crippen LogP contribution in [0.1, 0.15) is 36.6 Å². The van der Waals surface area contributed by atoms with E-state index < -0.39 is 0 Å². The molecule has 0 spiro atoms. The van der Waals surface area contributed by atoms with Crippen molar-refractivity contribution < 1.29 is 0 Å². The lowest BCUT2D eigenvalue weighted by Gasteiger charge is -2.25. The zero-order valence-corrected chi connectivity index (χ0v) is 12.0. The van der Waals surface area contributed by atoms with E-state index in [1.807, 2.05) is 11.3 Å². The van der Waals surface area contributed by atoms with Gasteiger partial charge in [0.2, 0.25) is 0 Å². The van der Waals surface area contributed by atoms with Gasteiger partial charge in [-0.15, -0.1) is 11.3 Å². The topological polar surface area (TPSA) is 29.3 Å². The number of hydrogen-bond donors (Lipinski definition) is 1. The maximum absolute atomic E-state index is 5.99. The van der Waals surface area contributed by atoms with Gasteiger partial charge in [-0.1, -0.05) is 20.8 Å². The van der Waals surface area contributed by atoms with E-state index in [-0.39, 0.29) is 0 Å². The molecule has 2 heterocycles. The highest BCUT2D eigenvalue weighted by Crippen LogP contribution is 2.33. The van der Waals surface area contributed by atoms with Gasteiger partial charge in [0, 0.05) is 29.4 Å². The first-order valence-corrected chi connectivity index (χ1v) is 7.50. The van der Waals surface area contributed by atoms with Crippen LogP contribution in [0.5, 0.6) is 0 Å². The summed E-state index contributed by atoms with van der Waals surface area (Å²) in [6.45, 7) is 10.1. The molecule has 3 heteroatoms. The predicted octanol–water partition coefficient (Wildman–Crippen LogP) is 2.90. The summed E-state index contributed by atoms with van der Waals surface area (Å²) < 4.78 is 0. The summed E-state index contributed by atoms with van der Waals surface area (Å²) in [5.74, 6) is 1.60. The molecule has 0 saturated carbocycles. The summed E-state index contributed by atoms with van der Waals surface area (Å²) in [5.41, 5.74) is 5.99. The SMILES string of the molecule is CCc1ccc(C(CN)N2CC(C)C(C)C2)s1. The number of hydrogen-bond acceptors (Lipinski definition) is 3. The first-order valence-electron chi connectivity index (χ1n) is 6.68. The van der Waals surface area contributed by atoms with Crippen LogP contribution in [0.3, 0.4) is 0 Å². The van der Waals surface area contributed by atoms with Crippen LogP contribution in [-0.2, 0) is 6.42 Å². The smallest absolute Gasteiger partial charge is 0.0564 e. The molecule has 2 N–H and O–H groups in total. The first kappa shape index (κ1) is 13.1. The van der Waals surface area contributed by atoms with Crippen LogP contribution in [0.4, 0.5) is 0 Å². The second-order valence-electron chi connectivity index (χ2n) is 5.32. The summed E-state index contributed by atoms with van der Waals surface area (Å²) in [6, 6.07) is 4.97. The molecule has 0 radical (unpaired) electrons. The average Bonchev–Trinajstić information content (AvgIpc) is 2.89. The van der Waals surface area contributed by atoms with Gasteiger partial charge in [0.25, 0.3) is 0 Å². The molecule has 1 fully saturated rings. The standard InChI is InChI=1S/C14H24N2S/c1-4-12-5-6-14(17-12)13(7-15)16-8-10(2)11(3)9-16/h5-6,10-11,13H,4,7-9,15H2,1-3H3. The molecular weight excluding hydrogens is 228 g/mol. The number of nitrogens with two attached hydrogens (primary N) is 1. The van der Waals surface area contributed by atoms with Crippen LogP contribution in [0.2, 0.25) is 0 Å². The fraction of sp³-hybridized carbons (Fsp3) is 0.714. The van der Waals surface area contributed by atoms with Gasteiger partial charge in [0.05, 0.1) is 6.04 Å². The molecule has 0 aromatic carbocycles. The summed E-state index contributed by atoms with van der Waals surface area (Å²) >= 11 is 1.93. The third-order valence-electron chi connectivity index (χ3n) is 4.04. The largest absolute Gasteiger partial charge is 0.329 e. The Morgan fingerprint density at radius 1 is 1.35 bits per heavy atom. The van der Waals surface area contributed by atoms with E-state index in [1.54, 1.807) is 0 Å². The van der Waals surface area contributed by atoms with E-state index in [1.165, 1.54) is 22.8 Å². The van der Waals surface area contributed by atoms with Crippen molar-refractivity contribution in [1.82, 2.24) is 4.90 Å². The molecule has 1 aliphatic heterocycles. The summed E-state index contributed by atoms with van der Waals surface area (Å²) in [7, 11) is 0. The Bertz CT molecular complexity index is 351. The highest BCUT2D eigenvalue weighted by molar-refractivity contribution is 7.12. The van der Waals surface area contributed by atoms with E-state index in [2.05, 4.69) is 37.8 Å². The quantitative estimate of drug-likeness (QED) is 0.893. The highest BCUT2D eigenvalue weighted by atomic mass is 32.1. The lowest BCUT2D eigenvalue weighted by molar-refractivity contribution is 0.243. The Morgan fingerprint density at radius 2 is 2.00 bits per heavy atom. The summed E-state index contributed by atoms with van der Waals surface area (Å²) in [6.07, 6.45) is 1.13. The Kier molecular flexibility index (Phi) is 4.23. The molecule has 0 amide bonds. The van der Waals surface area contributed by atoms with Crippen molar-refractivity contribution in [2.45, 2.75) is 33.2 Å². The molecule has 2 rings (SSSR count). The van der Waals surface area contributed by atoms with Crippen LogP contribution in [0.25, 0.3) is 0 Å². The zero-order valence-electron chi connectivity index (χ0n) is 11.1. The molecule has 2 nitrogen and oxygen atoms in total. The van der Waals surface area contributed by atoms with Gasteiger partial charge >= 0.3 is 0 Å². The Labute approximate surface area is 109 Å². The number of likely N-dealkylation sites (tertiary alicyclic amines) is 1. The van der Waals surface area contributed by atoms with Gasteiger partial charge < -0.3 is 5.73 Å². The minimum absolute atomic E-state index is 0.438. The molecule has 1 saturated heterocycles. The van der Waals surface area contributed by atoms with E-state index >= 15 is 0 Å². The Balaban J connectivity index is 2.11. The molecular formula is C14H24N2S. The third kappa shape index (κ3) is 2.72. The van der Waals surface area contributed by atoms with E-state index in [4.69, 9.17) is 5.73 Å². The first-order chi connectivity index (χ1) is 8.15. The molecule has 1 aromatic rings. The number of nitrogens with zero attached hydrogens (tertiary/aromatic N) is 1. The molecule has 1 aromatic heterocycles. The van der Waals surface area contributed by atoms with Crippen molar-refractivity contribution in [2.75, 3.05) is 19.6 Å². The van der Waals surface area contributed by atoms with Gasteiger partial charge in [0.1, 0.15) is 0 Å². The van der Waals surface area contributed by atoms with Gasteiger partial charge in [-0.2, -0.15) is 0 Å². The summed E-state index contributed by atoms with van der Waals surface area (Å²) in [5, 5.41) is 0. The molecule has 3 atom stereocenters. The van der Waals surface area contributed by atoms with Crippen molar-refractivity contribution in [3.05, 3.63) is 21.9 Å². The average molecular weight is 252 g/mol. The fourth-order valence-electron chi connectivity index (χ4n) is 2.64. The van der Waals surface area contributed by atoms with Crippen molar-refractivity contribution in [2.24, 2.45) is 17.6 Å². The van der Waals surface area contributed by atoms with Gasteiger partial charge in [0.15, 0.2) is 0 Å². The van der Waals surface area contributed by atoms with Crippen molar-refractivity contribution in [3.8, 4) is 0 Å². The Morgan fingerprint density at radius 3 is 2.47 bits per heavy atom. The second-order valence-corrected chi connectivity index (χ2v) is 6.52. The van der Waals surface area contributed by atoms with Crippen LogP contribution in [0, 0.1) is 11.8 Å². The molecule has 17 heavy (non-hydrogen) atoms. The molecule has 96 valence electrons. The van der Waals surface area contributed by atoms with Crippen molar-refractivity contribution >= 4 is 11.3 Å². The molecule has 0 bridgehead atoms. The molecule has 0 aliphatic carbocycles. The van der Waals surface area contributed by atoms with Gasteiger partial charge in [-0.05, 0) is 30.4 Å². The second kappa shape index (κ2) is 5.51. The normalized spacial score (nSPS) is 27.5. The maximum atomic E-state index is 5.99. The van der Waals surface area contributed by atoms with Crippen LogP contribution in [-0.4, -0.2) is 24.5 Å². The van der Waals surface area contributed by atoms with Crippen LogP contribution < -0.4 is 5.73 Å². The monoisotopic (exact) mass is 252 g/mol. The lowest BCUT2D eigenvalue weighted by Crippen LogP contribution is -2.31.